The van der Waals surface area contributed by atoms with Crippen LogP contribution in [0.4, 0.5) is 5.69 Å². The lowest BCUT2D eigenvalue weighted by molar-refractivity contribution is 0.105. The van der Waals surface area contributed by atoms with Gasteiger partial charge in [0.15, 0.2) is 0 Å². The van der Waals surface area contributed by atoms with Gasteiger partial charge in [-0.05, 0) is 24.6 Å². The van der Waals surface area contributed by atoms with Crippen molar-refractivity contribution in [2.45, 2.75) is 17.9 Å². The maximum absolute atomic E-state index is 11.3. The number of aliphatic hydroxyl groups is 2. The second-order valence-electron chi connectivity index (χ2n) is 3.74. The summed E-state index contributed by atoms with van der Waals surface area (Å²) >= 11 is 0. The van der Waals surface area contributed by atoms with Crippen LogP contribution in [0, 0.1) is 6.92 Å². The molecule has 0 aliphatic rings. The molecule has 0 spiro atoms. The Labute approximate surface area is 100 Å². The van der Waals surface area contributed by atoms with Gasteiger partial charge in [-0.25, -0.2) is 13.6 Å². The molecule has 0 aliphatic heterocycles. The van der Waals surface area contributed by atoms with Crippen molar-refractivity contribution in [3.8, 4) is 0 Å². The molecule has 0 saturated heterocycles. The number of sulfonamides is 1. The quantitative estimate of drug-likeness (QED) is 0.565. The van der Waals surface area contributed by atoms with Crippen molar-refractivity contribution < 1.29 is 18.6 Å². The fraction of sp³-hybridized carbons (Fsp3) is 0.400. The van der Waals surface area contributed by atoms with Crippen LogP contribution in [0.5, 0.6) is 0 Å². The molecule has 1 unspecified atom stereocenters. The molecule has 0 amide bonds. The Kier molecular flexibility index (Phi) is 4.47. The van der Waals surface area contributed by atoms with Gasteiger partial charge in [0.1, 0.15) is 0 Å². The van der Waals surface area contributed by atoms with Crippen LogP contribution in [0.15, 0.2) is 23.1 Å². The molecule has 6 nitrogen and oxygen atoms in total. The Morgan fingerprint density at radius 1 is 1.47 bits per heavy atom. The predicted octanol–water partition coefficient (Wildman–Crippen LogP) is -0.592. The van der Waals surface area contributed by atoms with Crippen LogP contribution in [-0.4, -0.2) is 37.9 Å². The molecule has 0 aliphatic carbocycles. The van der Waals surface area contributed by atoms with Crippen LogP contribution in [-0.2, 0) is 10.0 Å². The molecule has 0 radical (unpaired) electrons. The molecule has 0 saturated carbocycles. The minimum Gasteiger partial charge on any atom is -0.394 e. The number of nitrogens with one attached hydrogen (secondary N) is 1. The number of hydrogen-bond acceptors (Lipinski definition) is 5. The monoisotopic (exact) mass is 260 g/mol. The lowest BCUT2D eigenvalue weighted by Crippen LogP contribution is -2.23. The number of rotatable bonds is 5. The smallest absolute Gasteiger partial charge is 0.238 e. The SMILES string of the molecule is Cc1ccc(NCC(O)CO)cc1S(N)(=O)=O. The zero-order valence-electron chi connectivity index (χ0n) is 9.42. The Morgan fingerprint density at radius 3 is 2.65 bits per heavy atom. The first-order valence-corrected chi connectivity index (χ1v) is 6.55. The number of nitrogens with two attached hydrogens (primary N) is 1. The molecular weight excluding hydrogens is 244 g/mol. The van der Waals surface area contributed by atoms with Gasteiger partial charge in [-0.2, -0.15) is 0 Å². The Balaban J connectivity index is 2.90. The first-order valence-electron chi connectivity index (χ1n) is 5.01. The highest BCUT2D eigenvalue weighted by atomic mass is 32.2. The van der Waals surface area contributed by atoms with E-state index in [2.05, 4.69) is 5.32 Å². The van der Waals surface area contributed by atoms with Crippen LogP contribution >= 0.6 is 0 Å². The lowest BCUT2D eigenvalue weighted by Gasteiger charge is -2.12. The van der Waals surface area contributed by atoms with Crippen LogP contribution in [0.25, 0.3) is 0 Å². The molecule has 0 heterocycles. The first kappa shape index (κ1) is 13.9. The number of anilines is 1. The third-order valence-electron chi connectivity index (χ3n) is 2.25. The summed E-state index contributed by atoms with van der Waals surface area (Å²) in [6, 6.07) is 4.69. The molecule has 0 bridgehead atoms. The third-order valence-corrected chi connectivity index (χ3v) is 3.30. The maximum Gasteiger partial charge on any atom is 0.238 e. The molecule has 1 aromatic rings. The van der Waals surface area contributed by atoms with Gasteiger partial charge < -0.3 is 15.5 Å². The number of aryl methyl sites for hydroxylation is 1. The largest absolute Gasteiger partial charge is 0.394 e. The van der Waals surface area contributed by atoms with Crippen molar-refractivity contribution in [1.29, 1.82) is 0 Å². The molecular formula is C10H16N2O4S. The van der Waals surface area contributed by atoms with Crippen molar-refractivity contribution in [1.82, 2.24) is 0 Å². The van der Waals surface area contributed by atoms with Crippen LogP contribution in [0.3, 0.4) is 0 Å². The van der Waals surface area contributed by atoms with Gasteiger partial charge in [-0.3, -0.25) is 0 Å². The van der Waals surface area contributed by atoms with Gasteiger partial charge in [0.2, 0.25) is 10.0 Å². The molecule has 0 aromatic heterocycles. The predicted molar refractivity (Wildman–Crippen MR) is 64.1 cm³/mol. The van der Waals surface area contributed by atoms with Crippen LogP contribution in [0.2, 0.25) is 0 Å². The highest BCUT2D eigenvalue weighted by Crippen LogP contribution is 2.18. The fourth-order valence-electron chi connectivity index (χ4n) is 1.32. The summed E-state index contributed by atoms with van der Waals surface area (Å²) < 4.78 is 22.5. The van der Waals surface area contributed by atoms with Gasteiger partial charge in [0.25, 0.3) is 0 Å². The highest BCUT2D eigenvalue weighted by Gasteiger charge is 2.12. The van der Waals surface area contributed by atoms with E-state index < -0.39 is 16.1 Å². The van der Waals surface area contributed by atoms with E-state index in [9.17, 15) is 8.42 Å². The van der Waals surface area contributed by atoms with Gasteiger partial charge >= 0.3 is 0 Å². The number of primary sulfonamides is 1. The molecule has 1 rings (SSSR count). The maximum atomic E-state index is 11.3. The standard InChI is InChI=1S/C10H16N2O4S/c1-7-2-3-8(12-5-9(14)6-13)4-10(7)17(11,15)16/h2-4,9,12-14H,5-6H2,1H3,(H2,11,15,16). The number of aliphatic hydroxyl groups excluding tert-OH is 2. The molecule has 17 heavy (non-hydrogen) atoms. The first-order chi connectivity index (χ1) is 7.84. The zero-order chi connectivity index (χ0) is 13.1. The second-order valence-corrected chi connectivity index (χ2v) is 5.27. The summed E-state index contributed by atoms with van der Waals surface area (Å²) in [6.07, 6.45) is -0.894. The van der Waals surface area contributed by atoms with E-state index in [1.165, 1.54) is 6.07 Å². The average molecular weight is 260 g/mol. The molecule has 5 N–H and O–H groups in total. The summed E-state index contributed by atoms with van der Waals surface area (Å²) in [7, 11) is -3.75. The van der Waals surface area contributed by atoms with Gasteiger partial charge in [0.05, 0.1) is 17.6 Å². The number of hydrogen-bond donors (Lipinski definition) is 4. The van der Waals surface area contributed by atoms with Crippen molar-refractivity contribution in [3.63, 3.8) is 0 Å². The lowest BCUT2D eigenvalue weighted by atomic mass is 10.2. The Hall–Kier alpha value is -1.15. The summed E-state index contributed by atoms with van der Waals surface area (Å²) in [5, 5.41) is 25.7. The van der Waals surface area contributed by atoms with E-state index in [0.717, 1.165) is 0 Å². The van der Waals surface area contributed by atoms with Crippen LogP contribution < -0.4 is 10.5 Å². The minimum atomic E-state index is -3.75. The average Bonchev–Trinajstić information content (AvgIpc) is 2.26. The fourth-order valence-corrected chi connectivity index (χ4v) is 2.12. The summed E-state index contributed by atoms with van der Waals surface area (Å²) in [5.41, 5.74) is 1.08. The zero-order valence-corrected chi connectivity index (χ0v) is 10.2. The van der Waals surface area contributed by atoms with E-state index in [0.29, 0.717) is 11.3 Å². The number of benzene rings is 1. The summed E-state index contributed by atoms with van der Waals surface area (Å²) in [6.45, 7) is 1.41. The van der Waals surface area contributed by atoms with E-state index in [-0.39, 0.29) is 18.0 Å². The van der Waals surface area contributed by atoms with E-state index in [4.69, 9.17) is 15.4 Å². The summed E-state index contributed by atoms with van der Waals surface area (Å²) in [5.74, 6) is 0. The molecule has 0 fully saturated rings. The van der Waals surface area contributed by atoms with Crippen molar-refractivity contribution in [3.05, 3.63) is 23.8 Å². The molecule has 1 atom stereocenters. The third kappa shape index (κ3) is 3.97. The second kappa shape index (κ2) is 5.46. The van der Waals surface area contributed by atoms with Crippen LogP contribution in [0.1, 0.15) is 5.56 Å². The Morgan fingerprint density at radius 2 is 2.12 bits per heavy atom. The van der Waals surface area contributed by atoms with Crippen molar-refractivity contribution >= 4 is 15.7 Å². The molecule has 1 aromatic carbocycles. The van der Waals surface area contributed by atoms with Crippen molar-refractivity contribution in [2.24, 2.45) is 5.14 Å². The van der Waals surface area contributed by atoms with E-state index >= 15 is 0 Å². The van der Waals surface area contributed by atoms with Gasteiger partial charge in [0, 0.05) is 12.2 Å². The Bertz CT molecular complexity index is 487. The van der Waals surface area contributed by atoms with Gasteiger partial charge in [-0.15, -0.1) is 0 Å². The summed E-state index contributed by atoms with van der Waals surface area (Å²) in [4.78, 5) is 0.0426. The van der Waals surface area contributed by atoms with Gasteiger partial charge in [-0.1, -0.05) is 6.07 Å². The highest BCUT2D eigenvalue weighted by molar-refractivity contribution is 7.89. The van der Waals surface area contributed by atoms with Crippen molar-refractivity contribution in [2.75, 3.05) is 18.5 Å². The topological polar surface area (TPSA) is 113 Å². The minimum absolute atomic E-state index is 0.0426. The molecule has 96 valence electrons. The normalized spacial score (nSPS) is 13.4. The van der Waals surface area contributed by atoms with E-state index in [1.54, 1.807) is 19.1 Å². The molecule has 7 heteroatoms. The van der Waals surface area contributed by atoms with E-state index in [1.807, 2.05) is 0 Å².